The minimum Gasteiger partial charge on any atom is -0.501 e. The molecule has 1 aliphatic heterocycles. The molecule has 18 heavy (non-hydrogen) atoms. The predicted octanol–water partition coefficient (Wildman–Crippen LogP) is 4.29. The Morgan fingerprint density at radius 3 is 2.94 bits per heavy atom. The average Bonchev–Trinajstić information content (AvgIpc) is 2.40. The van der Waals surface area contributed by atoms with E-state index in [0.29, 0.717) is 0 Å². The molecule has 0 aliphatic carbocycles. The van der Waals surface area contributed by atoms with Crippen LogP contribution in [-0.2, 0) is 4.74 Å². The zero-order valence-electron chi connectivity index (χ0n) is 10.4. The molecule has 1 aliphatic rings. The Balaban J connectivity index is 2.28. The molecule has 1 unspecified atom stereocenters. The van der Waals surface area contributed by atoms with Gasteiger partial charge in [-0.2, -0.15) is 0 Å². The number of rotatable bonds is 4. The van der Waals surface area contributed by atoms with Crippen LogP contribution in [0.4, 0.5) is 0 Å². The smallest absolute Gasteiger partial charge is 0.0876 e. The second kappa shape index (κ2) is 6.78. The molecule has 98 valence electrons. The third-order valence-corrected chi connectivity index (χ3v) is 4.59. The van der Waals surface area contributed by atoms with Gasteiger partial charge in [-0.3, -0.25) is 0 Å². The van der Waals surface area contributed by atoms with Gasteiger partial charge in [-0.1, -0.05) is 24.6 Å². The van der Waals surface area contributed by atoms with Gasteiger partial charge in [0.15, 0.2) is 0 Å². The topological polar surface area (TPSA) is 21.3 Å². The van der Waals surface area contributed by atoms with Crippen molar-refractivity contribution in [3.63, 3.8) is 0 Å². The van der Waals surface area contributed by atoms with Gasteiger partial charge in [0.1, 0.15) is 0 Å². The maximum Gasteiger partial charge on any atom is 0.0876 e. The molecule has 0 fully saturated rings. The lowest BCUT2D eigenvalue weighted by Crippen LogP contribution is -2.24. The van der Waals surface area contributed by atoms with Crippen LogP contribution in [0.1, 0.15) is 31.4 Å². The zero-order chi connectivity index (χ0) is 13.0. The highest BCUT2D eigenvalue weighted by Gasteiger charge is 2.18. The third kappa shape index (κ3) is 3.39. The Morgan fingerprint density at radius 1 is 1.50 bits per heavy atom. The Morgan fingerprint density at radius 2 is 2.33 bits per heavy atom. The van der Waals surface area contributed by atoms with Crippen molar-refractivity contribution >= 4 is 34.2 Å². The fourth-order valence-corrected chi connectivity index (χ4v) is 2.68. The van der Waals surface area contributed by atoms with E-state index in [0.717, 1.165) is 34.6 Å². The van der Waals surface area contributed by atoms with Crippen LogP contribution in [-0.4, -0.2) is 13.2 Å². The quantitative estimate of drug-likeness (QED) is 0.790. The SMILES string of the molecule is CCNC(C1=COCCC1)c1ccc(I)c(Cl)c1. The molecule has 1 aromatic carbocycles. The summed E-state index contributed by atoms with van der Waals surface area (Å²) in [5.74, 6) is 0. The van der Waals surface area contributed by atoms with E-state index in [1.165, 1.54) is 11.1 Å². The number of likely N-dealkylation sites (N-methyl/N-ethyl adjacent to an activating group) is 1. The van der Waals surface area contributed by atoms with Crippen molar-refractivity contribution in [2.45, 2.75) is 25.8 Å². The first-order valence-electron chi connectivity index (χ1n) is 6.21. The number of halogens is 2. The molecule has 2 nitrogen and oxygen atoms in total. The highest BCUT2D eigenvalue weighted by molar-refractivity contribution is 14.1. The summed E-state index contributed by atoms with van der Waals surface area (Å²) in [5.41, 5.74) is 2.51. The monoisotopic (exact) mass is 377 g/mol. The summed E-state index contributed by atoms with van der Waals surface area (Å²) in [6.07, 6.45) is 4.08. The van der Waals surface area contributed by atoms with Crippen LogP contribution < -0.4 is 5.32 Å². The number of hydrogen-bond acceptors (Lipinski definition) is 2. The van der Waals surface area contributed by atoms with E-state index in [2.05, 4.69) is 47.0 Å². The first-order chi connectivity index (χ1) is 8.72. The van der Waals surface area contributed by atoms with Gasteiger partial charge in [0.05, 0.1) is 23.9 Å². The maximum absolute atomic E-state index is 6.21. The third-order valence-electron chi connectivity index (χ3n) is 3.02. The second-order valence-corrected chi connectivity index (χ2v) is 5.90. The highest BCUT2D eigenvalue weighted by atomic mass is 127. The molecule has 0 bridgehead atoms. The Bertz CT molecular complexity index is 447. The summed E-state index contributed by atoms with van der Waals surface area (Å²) in [5, 5.41) is 4.32. The van der Waals surface area contributed by atoms with Crippen LogP contribution in [0.25, 0.3) is 0 Å². The van der Waals surface area contributed by atoms with Gasteiger partial charge in [-0.15, -0.1) is 0 Å². The van der Waals surface area contributed by atoms with E-state index in [1.54, 1.807) is 0 Å². The fraction of sp³-hybridized carbons (Fsp3) is 0.429. The van der Waals surface area contributed by atoms with Crippen LogP contribution in [0.3, 0.4) is 0 Å². The van der Waals surface area contributed by atoms with E-state index in [9.17, 15) is 0 Å². The largest absolute Gasteiger partial charge is 0.501 e. The molecule has 0 aromatic heterocycles. The summed E-state index contributed by atoms with van der Waals surface area (Å²) in [4.78, 5) is 0. The van der Waals surface area contributed by atoms with Gasteiger partial charge in [-0.25, -0.2) is 0 Å². The van der Waals surface area contributed by atoms with E-state index in [4.69, 9.17) is 16.3 Å². The minimum atomic E-state index is 0.213. The molecule has 1 N–H and O–H groups in total. The molecule has 1 heterocycles. The molecule has 0 saturated carbocycles. The number of ether oxygens (including phenoxy) is 1. The molecule has 4 heteroatoms. The maximum atomic E-state index is 6.21. The van der Waals surface area contributed by atoms with Crippen molar-refractivity contribution in [2.75, 3.05) is 13.2 Å². The highest BCUT2D eigenvalue weighted by Crippen LogP contribution is 2.30. The van der Waals surface area contributed by atoms with E-state index in [-0.39, 0.29) is 6.04 Å². The Labute approximate surface area is 127 Å². The molecular weight excluding hydrogens is 361 g/mol. The van der Waals surface area contributed by atoms with Crippen molar-refractivity contribution in [1.29, 1.82) is 0 Å². The average molecular weight is 378 g/mol. The van der Waals surface area contributed by atoms with Crippen LogP contribution in [0.15, 0.2) is 30.0 Å². The summed E-state index contributed by atoms with van der Waals surface area (Å²) < 4.78 is 6.53. The zero-order valence-corrected chi connectivity index (χ0v) is 13.3. The van der Waals surface area contributed by atoms with Crippen molar-refractivity contribution in [2.24, 2.45) is 0 Å². The summed E-state index contributed by atoms with van der Waals surface area (Å²) in [7, 11) is 0. The molecular formula is C14H17ClINO. The van der Waals surface area contributed by atoms with Crippen LogP contribution in [0.5, 0.6) is 0 Å². The van der Waals surface area contributed by atoms with E-state index < -0.39 is 0 Å². The lowest BCUT2D eigenvalue weighted by atomic mass is 9.95. The number of nitrogens with one attached hydrogen (secondary N) is 1. The van der Waals surface area contributed by atoms with Gasteiger partial charge >= 0.3 is 0 Å². The minimum absolute atomic E-state index is 0.213. The van der Waals surface area contributed by atoms with Gasteiger partial charge < -0.3 is 10.1 Å². The summed E-state index contributed by atoms with van der Waals surface area (Å²) in [6, 6.07) is 6.46. The lowest BCUT2D eigenvalue weighted by molar-refractivity contribution is 0.219. The molecule has 0 saturated heterocycles. The Hall–Kier alpha value is -0.260. The molecule has 0 radical (unpaired) electrons. The van der Waals surface area contributed by atoms with E-state index >= 15 is 0 Å². The predicted molar refractivity (Wildman–Crippen MR) is 83.9 cm³/mol. The normalized spacial score (nSPS) is 16.9. The standard InChI is InChI=1S/C14H17ClINO/c1-2-17-14(11-4-3-7-18-9-11)10-5-6-13(16)12(15)8-10/h5-6,8-9,14,17H,2-4,7H2,1H3. The molecule has 1 atom stereocenters. The number of hydrogen-bond donors (Lipinski definition) is 1. The van der Waals surface area contributed by atoms with Crippen molar-refractivity contribution in [3.05, 3.63) is 44.2 Å². The van der Waals surface area contributed by atoms with Gasteiger partial charge in [0.25, 0.3) is 0 Å². The van der Waals surface area contributed by atoms with Crippen LogP contribution >= 0.6 is 34.2 Å². The van der Waals surface area contributed by atoms with Gasteiger partial charge in [0, 0.05) is 3.57 Å². The molecule has 2 rings (SSSR count). The lowest BCUT2D eigenvalue weighted by Gasteiger charge is -2.24. The van der Waals surface area contributed by atoms with Crippen molar-refractivity contribution in [3.8, 4) is 0 Å². The van der Waals surface area contributed by atoms with Crippen LogP contribution in [0, 0.1) is 3.57 Å². The fourth-order valence-electron chi connectivity index (χ4n) is 2.16. The van der Waals surface area contributed by atoms with Crippen molar-refractivity contribution in [1.82, 2.24) is 5.32 Å². The second-order valence-electron chi connectivity index (χ2n) is 4.33. The first kappa shape index (κ1) is 14.2. The molecule has 0 amide bonds. The van der Waals surface area contributed by atoms with Gasteiger partial charge in [-0.05, 0) is 65.2 Å². The van der Waals surface area contributed by atoms with Crippen molar-refractivity contribution < 1.29 is 4.74 Å². The summed E-state index contributed by atoms with van der Waals surface area (Å²) in [6.45, 7) is 3.87. The van der Waals surface area contributed by atoms with Gasteiger partial charge in [0.2, 0.25) is 0 Å². The molecule has 1 aromatic rings. The Kier molecular flexibility index (Phi) is 5.33. The van der Waals surface area contributed by atoms with Crippen LogP contribution in [0.2, 0.25) is 5.02 Å². The molecule has 0 spiro atoms. The first-order valence-corrected chi connectivity index (χ1v) is 7.67. The summed E-state index contributed by atoms with van der Waals surface area (Å²) >= 11 is 8.46. The van der Waals surface area contributed by atoms with E-state index in [1.807, 2.05) is 12.3 Å². The number of benzene rings is 1.